The Labute approximate surface area is 114 Å². The maximum atomic E-state index is 6.28. The monoisotopic (exact) mass is 255 g/mol. The Morgan fingerprint density at radius 1 is 1.11 bits per heavy atom. The van der Waals surface area contributed by atoms with Crippen molar-refractivity contribution in [2.24, 2.45) is 5.92 Å². The molecule has 108 valence electrons. The quantitative estimate of drug-likeness (QED) is 0.625. The fraction of sp³-hybridized carbons (Fsp3) is 1.00. The van der Waals surface area contributed by atoms with E-state index in [0.29, 0.717) is 0 Å². The van der Waals surface area contributed by atoms with Gasteiger partial charge in [0.25, 0.3) is 0 Å². The molecule has 0 bridgehead atoms. The van der Waals surface area contributed by atoms with Crippen molar-refractivity contribution in [1.82, 2.24) is 5.32 Å². The Hall–Kier alpha value is -0.0800. The largest absolute Gasteiger partial charge is 0.374 e. The van der Waals surface area contributed by atoms with E-state index in [1.165, 1.54) is 57.8 Å². The smallest absolute Gasteiger partial charge is 0.0806 e. The molecular weight excluding hydrogens is 222 g/mol. The van der Waals surface area contributed by atoms with E-state index < -0.39 is 0 Å². The van der Waals surface area contributed by atoms with E-state index in [1.807, 2.05) is 0 Å². The highest BCUT2D eigenvalue weighted by atomic mass is 16.5. The lowest BCUT2D eigenvalue weighted by atomic mass is 9.77. The van der Waals surface area contributed by atoms with Gasteiger partial charge in [0.05, 0.1) is 5.60 Å². The molecule has 0 radical (unpaired) electrons. The second-order valence-electron chi connectivity index (χ2n) is 6.00. The Morgan fingerprint density at radius 3 is 2.39 bits per heavy atom. The number of nitrogens with one attached hydrogen (secondary N) is 1. The predicted molar refractivity (Wildman–Crippen MR) is 79.0 cm³/mol. The standard InChI is InChI=1S/C16H33NO/c1-4-6-7-13-18-16(14-17-3)11-9-15(8-5-2)10-12-16/h15,17H,4-14H2,1-3H3. The zero-order chi connectivity index (χ0) is 13.3. The topological polar surface area (TPSA) is 21.3 Å². The van der Waals surface area contributed by atoms with Crippen molar-refractivity contribution >= 4 is 0 Å². The normalized spacial score (nSPS) is 28.5. The van der Waals surface area contributed by atoms with Crippen LogP contribution in [0.1, 0.15) is 71.6 Å². The van der Waals surface area contributed by atoms with Crippen LogP contribution < -0.4 is 5.32 Å². The van der Waals surface area contributed by atoms with Gasteiger partial charge >= 0.3 is 0 Å². The SMILES string of the molecule is CCCCCOC1(CNC)CCC(CCC)CC1. The first-order chi connectivity index (χ1) is 8.76. The van der Waals surface area contributed by atoms with Crippen LogP contribution in [0.3, 0.4) is 0 Å². The van der Waals surface area contributed by atoms with E-state index in [9.17, 15) is 0 Å². The van der Waals surface area contributed by atoms with Gasteiger partial charge < -0.3 is 10.1 Å². The summed E-state index contributed by atoms with van der Waals surface area (Å²) in [5.41, 5.74) is 0.146. The summed E-state index contributed by atoms with van der Waals surface area (Å²) >= 11 is 0. The summed E-state index contributed by atoms with van der Waals surface area (Å²) in [7, 11) is 2.05. The summed E-state index contributed by atoms with van der Waals surface area (Å²) < 4.78 is 6.28. The van der Waals surface area contributed by atoms with E-state index in [1.54, 1.807) is 0 Å². The second kappa shape index (κ2) is 8.92. The maximum Gasteiger partial charge on any atom is 0.0806 e. The molecule has 1 saturated carbocycles. The highest BCUT2D eigenvalue weighted by molar-refractivity contribution is 4.89. The molecule has 18 heavy (non-hydrogen) atoms. The molecule has 0 aliphatic heterocycles. The van der Waals surface area contributed by atoms with E-state index in [4.69, 9.17) is 4.74 Å². The van der Waals surface area contributed by atoms with E-state index in [0.717, 1.165) is 19.1 Å². The van der Waals surface area contributed by atoms with Crippen LogP contribution in [-0.2, 0) is 4.74 Å². The van der Waals surface area contributed by atoms with Crippen LogP contribution in [0, 0.1) is 5.92 Å². The van der Waals surface area contributed by atoms with Gasteiger partial charge in [-0.1, -0.05) is 39.5 Å². The molecule has 1 aliphatic carbocycles. The molecule has 0 heterocycles. The molecule has 0 saturated heterocycles. The molecule has 2 heteroatoms. The summed E-state index contributed by atoms with van der Waals surface area (Å²) in [6.45, 7) is 6.53. The highest BCUT2D eigenvalue weighted by Gasteiger charge is 2.35. The molecule has 0 amide bonds. The van der Waals surface area contributed by atoms with Crippen LogP contribution in [0.5, 0.6) is 0 Å². The first kappa shape index (κ1) is 16.0. The summed E-state index contributed by atoms with van der Waals surface area (Å²) in [6.07, 6.45) is 11.8. The summed E-state index contributed by atoms with van der Waals surface area (Å²) in [5.74, 6) is 0.958. The number of rotatable bonds is 9. The van der Waals surface area contributed by atoms with Gasteiger partial charge in [-0.05, 0) is 45.1 Å². The van der Waals surface area contributed by atoms with E-state index in [-0.39, 0.29) is 5.60 Å². The van der Waals surface area contributed by atoms with Gasteiger partial charge in [-0.3, -0.25) is 0 Å². The van der Waals surface area contributed by atoms with Gasteiger partial charge in [0.15, 0.2) is 0 Å². The Bertz CT molecular complexity index is 192. The highest BCUT2D eigenvalue weighted by Crippen LogP contribution is 2.36. The minimum atomic E-state index is 0.146. The van der Waals surface area contributed by atoms with Crippen molar-refractivity contribution in [3.8, 4) is 0 Å². The number of hydrogen-bond acceptors (Lipinski definition) is 2. The molecule has 1 N–H and O–H groups in total. The first-order valence-electron chi connectivity index (χ1n) is 8.05. The first-order valence-corrected chi connectivity index (χ1v) is 8.05. The van der Waals surface area contributed by atoms with Crippen molar-refractivity contribution in [2.45, 2.75) is 77.2 Å². The molecule has 1 aliphatic rings. The lowest BCUT2D eigenvalue weighted by molar-refractivity contribution is -0.0770. The maximum absolute atomic E-state index is 6.28. The van der Waals surface area contributed by atoms with E-state index >= 15 is 0 Å². The van der Waals surface area contributed by atoms with Crippen molar-refractivity contribution in [3.63, 3.8) is 0 Å². The van der Waals surface area contributed by atoms with Gasteiger partial charge in [-0.15, -0.1) is 0 Å². The predicted octanol–water partition coefficient (Wildman–Crippen LogP) is 4.14. The Morgan fingerprint density at radius 2 is 1.83 bits per heavy atom. The van der Waals surface area contributed by atoms with Crippen LogP contribution in [0.15, 0.2) is 0 Å². The fourth-order valence-electron chi connectivity index (χ4n) is 3.24. The molecular formula is C16H33NO. The number of likely N-dealkylation sites (N-methyl/N-ethyl adjacent to an activating group) is 1. The molecule has 0 aromatic rings. The van der Waals surface area contributed by atoms with Crippen molar-refractivity contribution < 1.29 is 4.74 Å². The zero-order valence-corrected chi connectivity index (χ0v) is 12.8. The summed E-state index contributed by atoms with van der Waals surface area (Å²) in [5, 5.41) is 3.34. The average Bonchev–Trinajstić information content (AvgIpc) is 2.38. The van der Waals surface area contributed by atoms with Crippen LogP contribution >= 0.6 is 0 Å². The van der Waals surface area contributed by atoms with Gasteiger partial charge in [0.1, 0.15) is 0 Å². The average molecular weight is 255 g/mol. The lowest BCUT2D eigenvalue weighted by Crippen LogP contribution is -2.45. The minimum Gasteiger partial charge on any atom is -0.374 e. The summed E-state index contributed by atoms with van der Waals surface area (Å²) in [4.78, 5) is 0. The Kier molecular flexibility index (Phi) is 7.92. The van der Waals surface area contributed by atoms with Crippen molar-refractivity contribution in [3.05, 3.63) is 0 Å². The van der Waals surface area contributed by atoms with Gasteiger partial charge in [-0.25, -0.2) is 0 Å². The molecule has 0 unspecified atom stereocenters. The fourth-order valence-corrected chi connectivity index (χ4v) is 3.24. The van der Waals surface area contributed by atoms with E-state index in [2.05, 4.69) is 26.2 Å². The Balaban J connectivity index is 2.35. The molecule has 0 aromatic carbocycles. The molecule has 0 aromatic heterocycles. The third-order valence-electron chi connectivity index (χ3n) is 4.37. The third kappa shape index (κ3) is 5.27. The molecule has 1 fully saturated rings. The van der Waals surface area contributed by atoms with Crippen molar-refractivity contribution in [2.75, 3.05) is 20.2 Å². The third-order valence-corrected chi connectivity index (χ3v) is 4.37. The summed E-state index contributed by atoms with van der Waals surface area (Å²) in [6, 6.07) is 0. The minimum absolute atomic E-state index is 0.146. The van der Waals surface area contributed by atoms with Crippen LogP contribution in [0.2, 0.25) is 0 Å². The van der Waals surface area contributed by atoms with Crippen LogP contribution in [0.4, 0.5) is 0 Å². The van der Waals surface area contributed by atoms with Crippen LogP contribution in [0.25, 0.3) is 0 Å². The number of unbranched alkanes of at least 4 members (excludes halogenated alkanes) is 2. The van der Waals surface area contributed by atoms with Gasteiger partial charge in [0, 0.05) is 13.2 Å². The molecule has 0 spiro atoms. The van der Waals surface area contributed by atoms with Gasteiger partial charge in [-0.2, -0.15) is 0 Å². The van der Waals surface area contributed by atoms with Crippen LogP contribution in [-0.4, -0.2) is 25.8 Å². The molecule has 0 atom stereocenters. The number of hydrogen-bond donors (Lipinski definition) is 1. The molecule has 1 rings (SSSR count). The molecule has 2 nitrogen and oxygen atoms in total. The van der Waals surface area contributed by atoms with Crippen molar-refractivity contribution in [1.29, 1.82) is 0 Å². The lowest BCUT2D eigenvalue weighted by Gasteiger charge is -2.40. The van der Waals surface area contributed by atoms with Gasteiger partial charge in [0.2, 0.25) is 0 Å². The zero-order valence-electron chi connectivity index (χ0n) is 12.8. The number of ether oxygens (including phenoxy) is 1. The second-order valence-corrected chi connectivity index (χ2v) is 6.00.